The van der Waals surface area contributed by atoms with Crippen LogP contribution in [0.3, 0.4) is 0 Å². The maximum Gasteiger partial charge on any atom is 0.129 e. The zero-order valence-corrected chi connectivity index (χ0v) is 11.7. The predicted molar refractivity (Wildman–Crippen MR) is 79.9 cm³/mol. The molecule has 1 aliphatic rings. The van der Waals surface area contributed by atoms with Gasteiger partial charge in [0.15, 0.2) is 0 Å². The standard InChI is InChI=1S/C16H19N3O/c1-2-9-17-16-10-15(18-11-19-16)12-3-5-13(6-4-12)20-14-7-8-14/h3-6,10-11,14H,2,7-9H2,1H3,(H,17,18,19). The van der Waals surface area contributed by atoms with Crippen LogP contribution in [-0.2, 0) is 0 Å². The molecule has 20 heavy (non-hydrogen) atoms. The SMILES string of the molecule is CCCNc1cc(-c2ccc(OC3CC3)cc2)ncn1. The van der Waals surface area contributed by atoms with Crippen molar-refractivity contribution in [1.82, 2.24) is 9.97 Å². The summed E-state index contributed by atoms with van der Waals surface area (Å²) in [6.45, 7) is 3.05. The molecule has 0 spiro atoms. The monoisotopic (exact) mass is 269 g/mol. The van der Waals surface area contributed by atoms with Gasteiger partial charge >= 0.3 is 0 Å². The first-order valence-electron chi connectivity index (χ1n) is 7.18. The van der Waals surface area contributed by atoms with E-state index in [2.05, 4.69) is 22.2 Å². The highest BCUT2D eigenvalue weighted by molar-refractivity contribution is 5.62. The summed E-state index contributed by atoms with van der Waals surface area (Å²) in [6.07, 6.45) is 5.47. The lowest BCUT2D eigenvalue weighted by atomic mass is 10.1. The number of nitrogens with zero attached hydrogens (tertiary/aromatic N) is 2. The smallest absolute Gasteiger partial charge is 0.129 e. The molecule has 0 amide bonds. The average molecular weight is 269 g/mol. The Balaban J connectivity index is 1.73. The molecule has 1 saturated carbocycles. The summed E-state index contributed by atoms with van der Waals surface area (Å²) < 4.78 is 5.75. The number of aromatic nitrogens is 2. The molecule has 0 atom stereocenters. The molecule has 104 valence electrons. The molecule has 2 aromatic rings. The fourth-order valence-corrected chi connectivity index (χ4v) is 1.95. The normalized spacial score (nSPS) is 14.1. The lowest BCUT2D eigenvalue weighted by Gasteiger charge is -2.07. The van der Waals surface area contributed by atoms with Crippen molar-refractivity contribution in [3.8, 4) is 17.0 Å². The summed E-state index contributed by atoms with van der Waals surface area (Å²) in [5.74, 6) is 1.81. The molecule has 1 N–H and O–H groups in total. The molecule has 1 aliphatic carbocycles. The summed E-state index contributed by atoms with van der Waals surface area (Å²) in [5.41, 5.74) is 2.01. The van der Waals surface area contributed by atoms with Gasteiger partial charge in [-0.1, -0.05) is 6.92 Å². The highest BCUT2D eigenvalue weighted by atomic mass is 16.5. The van der Waals surface area contributed by atoms with Crippen LogP contribution in [0.5, 0.6) is 5.75 Å². The molecule has 0 unspecified atom stereocenters. The van der Waals surface area contributed by atoms with Gasteiger partial charge in [0.2, 0.25) is 0 Å². The van der Waals surface area contributed by atoms with Crippen molar-refractivity contribution in [2.45, 2.75) is 32.3 Å². The van der Waals surface area contributed by atoms with E-state index in [0.717, 1.165) is 35.8 Å². The first-order chi connectivity index (χ1) is 9.85. The average Bonchev–Trinajstić information content (AvgIpc) is 3.30. The highest BCUT2D eigenvalue weighted by Crippen LogP contribution is 2.28. The van der Waals surface area contributed by atoms with Crippen molar-refractivity contribution in [3.05, 3.63) is 36.7 Å². The zero-order valence-electron chi connectivity index (χ0n) is 11.7. The minimum absolute atomic E-state index is 0.435. The summed E-state index contributed by atoms with van der Waals surface area (Å²) in [7, 11) is 0. The number of rotatable bonds is 6. The molecule has 0 radical (unpaired) electrons. The van der Waals surface area contributed by atoms with E-state index in [4.69, 9.17) is 4.74 Å². The van der Waals surface area contributed by atoms with Gasteiger partial charge in [-0.05, 0) is 43.5 Å². The second-order valence-corrected chi connectivity index (χ2v) is 5.06. The van der Waals surface area contributed by atoms with Gasteiger partial charge in [-0.15, -0.1) is 0 Å². The number of nitrogens with one attached hydrogen (secondary N) is 1. The van der Waals surface area contributed by atoms with Crippen molar-refractivity contribution in [1.29, 1.82) is 0 Å². The number of ether oxygens (including phenoxy) is 1. The van der Waals surface area contributed by atoms with Gasteiger partial charge in [-0.25, -0.2) is 9.97 Å². The third-order valence-corrected chi connectivity index (χ3v) is 3.20. The minimum atomic E-state index is 0.435. The maximum absolute atomic E-state index is 5.75. The van der Waals surface area contributed by atoms with Crippen LogP contribution in [0.4, 0.5) is 5.82 Å². The van der Waals surface area contributed by atoms with Crippen LogP contribution < -0.4 is 10.1 Å². The summed E-state index contributed by atoms with van der Waals surface area (Å²) >= 11 is 0. The van der Waals surface area contributed by atoms with Crippen LogP contribution in [0.25, 0.3) is 11.3 Å². The summed E-state index contributed by atoms with van der Waals surface area (Å²) in [5, 5.41) is 3.27. The van der Waals surface area contributed by atoms with Crippen LogP contribution in [0, 0.1) is 0 Å². The third-order valence-electron chi connectivity index (χ3n) is 3.20. The number of anilines is 1. The molecule has 0 aliphatic heterocycles. The summed E-state index contributed by atoms with van der Waals surface area (Å²) in [4.78, 5) is 8.55. The van der Waals surface area contributed by atoms with E-state index >= 15 is 0 Å². The van der Waals surface area contributed by atoms with E-state index in [1.807, 2.05) is 30.3 Å². The van der Waals surface area contributed by atoms with Crippen molar-refractivity contribution in [2.75, 3.05) is 11.9 Å². The van der Waals surface area contributed by atoms with E-state index in [0.29, 0.717) is 6.10 Å². The Kier molecular flexibility index (Phi) is 3.81. The molecular weight excluding hydrogens is 250 g/mol. The molecule has 3 rings (SSSR count). The quantitative estimate of drug-likeness (QED) is 0.871. The van der Waals surface area contributed by atoms with Crippen LogP contribution in [0.15, 0.2) is 36.7 Å². The Morgan fingerprint density at radius 3 is 2.70 bits per heavy atom. The Hall–Kier alpha value is -2.10. The van der Waals surface area contributed by atoms with Crippen LogP contribution in [0.2, 0.25) is 0 Å². The molecule has 1 aromatic carbocycles. The van der Waals surface area contributed by atoms with Crippen molar-refractivity contribution >= 4 is 5.82 Å². The lowest BCUT2D eigenvalue weighted by molar-refractivity contribution is 0.303. The van der Waals surface area contributed by atoms with Crippen molar-refractivity contribution < 1.29 is 4.74 Å². The Morgan fingerprint density at radius 2 is 2.00 bits per heavy atom. The van der Waals surface area contributed by atoms with Gasteiger partial charge in [0.1, 0.15) is 17.9 Å². The molecule has 1 heterocycles. The fraction of sp³-hybridized carbons (Fsp3) is 0.375. The highest BCUT2D eigenvalue weighted by Gasteiger charge is 2.23. The maximum atomic E-state index is 5.75. The summed E-state index contributed by atoms with van der Waals surface area (Å²) in [6, 6.07) is 10.1. The number of hydrogen-bond donors (Lipinski definition) is 1. The van der Waals surface area contributed by atoms with E-state index < -0.39 is 0 Å². The minimum Gasteiger partial charge on any atom is -0.490 e. The third kappa shape index (κ3) is 3.26. The van der Waals surface area contributed by atoms with Gasteiger partial charge < -0.3 is 10.1 Å². The zero-order chi connectivity index (χ0) is 13.8. The second kappa shape index (κ2) is 5.90. The first-order valence-corrected chi connectivity index (χ1v) is 7.18. The van der Waals surface area contributed by atoms with Crippen molar-refractivity contribution in [2.24, 2.45) is 0 Å². The Labute approximate surface area is 119 Å². The van der Waals surface area contributed by atoms with E-state index in [1.54, 1.807) is 6.33 Å². The van der Waals surface area contributed by atoms with Crippen LogP contribution in [0.1, 0.15) is 26.2 Å². The number of hydrogen-bond acceptors (Lipinski definition) is 4. The van der Waals surface area contributed by atoms with Gasteiger partial charge in [-0.3, -0.25) is 0 Å². The van der Waals surface area contributed by atoms with Gasteiger partial charge in [-0.2, -0.15) is 0 Å². The fourth-order valence-electron chi connectivity index (χ4n) is 1.95. The second-order valence-electron chi connectivity index (χ2n) is 5.06. The molecule has 0 bridgehead atoms. The molecule has 4 nitrogen and oxygen atoms in total. The van der Waals surface area contributed by atoms with Crippen LogP contribution >= 0.6 is 0 Å². The number of benzene rings is 1. The van der Waals surface area contributed by atoms with Crippen LogP contribution in [-0.4, -0.2) is 22.6 Å². The predicted octanol–water partition coefficient (Wildman–Crippen LogP) is 3.51. The van der Waals surface area contributed by atoms with Gasteiger partial charge in [0, 0.05) is 18.2 Å². The molecule has 1 fully saturated rings. The lowest BCUT2D eigenvalue weighted by Crippen LogP contribution is -2.02. The van der Waals surface area contributed by atoms with E-state index in [9.17, 15) is 0 Å². The van der Waals surface area contributed by atoms with E-state index in [1.165, 1.54) is 12.8 Å². The molecule has 1 aromatic heterocycles. The van der Waals surface area contributed by atoms with Gasteiger partial charge in [0.25, 0.3) is 0 Å². The van der Waals surface area contributed by atoms with Crippen molar-refractivity contribution in [3.63, 3.8) is 0 Å². The first kappa shape index (κ1) is 12.9. The Morgan fingerprint density at radius 1 is 1.20 bits per heavy atom. The van der Waals surface area contributed by atoms with Gasteiger partial charge in [0.05, 0.1) is 11.8 Å². The topological polar surface area (TPSA) is 47.0 Å². The molecule has 4 heteroatoms. The largest absolute Gasteiger partial charge is 0.490 e. The molecule has 0 saturated heterocycles. The molecular formula is C16H19N3O. The van der Waals surface area contributed by atoms with E-state index in [-0.39, 0.29) is 0 Å². The Bertz CT molecular complexity index is 564.